The third-order valence-corrected chi connectivity index (χ3v) is 8.41. The molecule has 0 bridgehead atoms. The van der Waals surface area contributed by atoms with Gasteiger partial charge in [0.1, 0.15) is 13.2 Å². The van der Waals surface area contributed by atoms with Crippen molar-refractivity contribution in [3.05, 3.63) is 36.5 Å². The van der Waals surface area contributed by atoms with Crippen LogP contribution >= 0.6 is 0 Å². The summed E-state index contributed by atoms with van der Waals surface area (Å²) in [5, 5.41) is 0. The quantitative estimate of drug-likeness (QED) is 0.0288. The number of unbranched alkanes of at least 4 members (excludes halogenated alkanes) is 18. The molecule has 0 radical (unpaired) electrons. The predicted octanol–water partition coefficient (Wildman–Crippen LogP) is 12.2. The summed E-state index contributed by atoms with van der Waals surface area (Å²) in [6.45, 7) is 6.40. The van der Waals surface area contributed by atoms with Gasteiger partial charge in [-0.05, 0) is 51.4 Å². The van der Waals surface area contributed by atoms with E-state index in [1.54, 1.807) is 0 Å². The lowest BCUT2D eigenvalue weighted by atomic mass is 10.1. The van der Waals surface area contributed by atoms with E-state index in [1.165, 1.54) is 70.6 Å². The molecule has 0 heterocycles. The average molecular weight is 675 g/mol. The first-order chi connectivity index (χ1) is 23.5. The van der Waals surface area contributed by atoms with E-state index in [9.17, 15) is 14.4 Å². The van der Waals surface area contributed by atoms with Gasteiger partial charge in [0.05, 0.1) is 0 Å². The molecule has 48 heavy (non-hydrogen) atoms. The van der Waals surface area contributed by atoms with Gasteiger partial charge in [0.25, 0.3) is 0 Å². The monoisotopic (exact) mass is 675 g/mol. The smallest absolute Gasteiger partial charge is 0.306 e. The number of ether oxygens (including phenoxy) is 3. The minimum absolute atomic E-state index is 0.0804. The summed E-state index contributed by atoms with van der Waals surface area (Å²) in [6.07, 6.45) is 40.0. The molecule has 0 aromatic rings. The van der Waals surface area contributed by atoms with Crippen molar-refractivity contribution in [1.82, 2.24) is 0 Å². The van der Waals surface area contributed by atoms with Crippen LogP contribution in [0.1, 0.15) is 194 Å². The molecule has 1 unspecified atom stereocenters. The highest BCUT2D eigenvalue weighted by Gasteiger charge is 2.19. The molecular formula is C42H74O6. The van der Waals surface area contributed by atoms with Gasteiger partial charge in [-0.15, -0.1) is 0 Å². The van der Waals surface area contributed by atoms with Gasteiger partial charge in [-0.1, -0.05) is 160 Å². The first-order valence-electron chi connectivity index (χ1n) is 20.0. The summed E-state index contributed by atoms with van der Waals surface area (Å²) in [6, 6.07) is 0. The summed E-state index contributed by atoms with van der Waals surface area (Å²) in [4.78, 5) is 37.3. The molecule has 6 nitrogen and oxygen atoms in total. The number of carbonyl (C=O) groups excluding carboxylic acids is 3. The summed E-state index contributed by atoms with van der Waals surface area (Å²) in [5.74, 6) is -0.925. The molecule has 0 saturated heterocycles. The van der Waals surface area contributed by atoms with Crippen LogP contribution in [0.15, 0.2) is 36.5 Å². The molecule has 0 amide bonds. The molecule has 0 aliphatic rings. The van der Waals surface area contributed by atoms with E-state index >= 15 is 0 Å². The Balaban J connectivity index is 4.36. The maximum absolute atomic E-state index is 12.6. The van der Waals surface area contributed by atoms with E-state index in [0.29, 0.717) is 19.3 Å². The average Bonchev–Trinajstić information content (AvgIpc) is 3.08. The van der Waals surface area contributed by atoms with Crippen LogP contribution in [0.5, 0.6) is 0 Å². The second-order valence-electron chi connectivity index (χ2n) is 13.2. The number of hydrogen-bond donors (Lipinski definition) is 0. The highest BCUT2D eigenvalue weighted by atomic mass is 16.6. The lowest BCUT2D eigenvalue weighted by molar-refractivity contribution is -0.167. The molecular weight excluding hydrogens is 600 g/mol. The molecule has 6 heteroatoms. The SMILES string of the molecule is CC/C=C\C/C=C\C/C=C\CCCCCC(=O)OCC(COC(=O)CCCCCCCC)OC(=O)CCCCCCCCCCCCC. The van der Waals surface area contributed by atoms with Crippen molar-refractivity contribution in [1.29, 1.82) is 0 Å². The van der Waals surface area contributed by atoms with E-state index in [2.05, 4.69) is 57.2 Å². The fraction of sp³-hybridized carbons (Fsp3) is 0.786. The fourth-order valence-electron chi connectivity index (χ4n) is 5.40. The molecule has 0 aromatic carbocycles. The molecule has 0 rings (SSSR count). The number of hydrogen-bond acceptors (Lipinski definition) is 6. The topological polar surface area (TPSA) is 78.9 Å². The van der Waals surface area contributed by atoms with Gasteiger partial charge in [0.15, 0.2) is 6.10 Å². The molecule has 0 spiro atoms. The van der Waals surface area contributed by atoms with E-state index in [-0.39, 0.29) is 31.1 Å². The highest BCUT2D eigenvalue weighted by molar-refractivity contribution is 5.71. The summed E-state index contributed by atoms with van der Waals surface area (Å²) < 4.78 is 16.5. The van der Waals surface area contributed by atoms with Crippen molar-refractivity contribution >= 4 is 17.9 Å². The largest absolute Gasteiger partial charge is 0.462 e. The normalized spacial score (nSPS) is 12.3. The Kier molecular flexibility index (Phi) is 35.6. The van der Waals surface area contributed by atoms with Gasteiger partial charge in [-0.25, -0.2) is 0 Å². The molecule has 0 aliphatic carbocycles. The molecule has 278 valence electrons. The van der Waals surface area contributed by atoms with Gasteiger partial charge in [0.2, 0.25) is 0 Å². The van der Waals surface area contributed by atoms with Crippen LogP contribution in [0.3, 0.4) is 0 Å². The van der Waals surface area contributed by atoms with Crippen LogP contribution in [-0.4, -0.2) is 37.2 Å². The summed E-state index contributed by atoms with van der Waals surface area (Å²) >= 11 is 0. The number of esters is 3. The van der Waals surface area contributed by atoms with Crippen molar-refractivity contribution < 1.29 is 28.6 Å². The molecule has 0 N–H and O–H groups in total. The second kappa shape index (κ2) is 37.4. The van der Waals surface area contributed by atoms with Gasteiger partial charge in [-0.3, -0.25) is 14.4 Å². The number of carbonyl (C=O) groups is 3. The summed E-state index contributed by atoms with van der Waals surface area (Å²) in [7, 11) is 0. The predicted molar refractivity (Wildman–Crippen MR) is 201 cm³/mol. The van der Waals surface area contributed by atoms with E-state index in [4.69, 9.17) is 14.2 Å². The highest BCUT2D eigenvalue weighted by Crippen LogP contribution is 2.13. The van der Waals surface area contributed by atoms with E-state index < -0.39 is 6.10 Å². The maximum atomic E-state index is 12.6. The fourth-order valence-corrected chi connectivity index (χ4v) is 5.40. The van der Waals surface area contributed by atoms with Crippen LogP contribution < -0.4 is 0 Å². The van der Waals surface area contributed by atoms with Crippen LogP contribution in [0, 0.1) is 0 Å². The lowest BCUT2D eigenvalue weighted by Crippen LogP contribution is -2.30. The van der Waals surface area contributed by atoms with Crippen LogP contribution in [0.2, 0.25) is 0 Å². The van der Waals surface area contributed by atoms with Gasteiger partial charge in [-0.2, -0.15) is 0 Å². The number of allylic oxidation sites excluding steroid dienone is 6. The maximum Gasteiger partial charge on any atom is 0.306 e. The Morgan fingerprint density at radius 1 is 0.438 bits per heavy atom. The van der Waals surface area contributed by atoms with Crippen molar-refractivity contribution in [3.63, 3.8) is 0 Å². The Bertz CT molecular complexity index is 830. The Hall–Kier alpha value is -2.37. The van der Waals surface area contributed by atoms with Crippen molar-refractivity contribution in [2.75, 3.05) is 13.2 Å². The van der Waals surface area contributed by atoms with Crippen LogP contribution in [-0.2, 0) is 28.6 Å². The van der Waals surface area contributed by atoms with E-state index in [0.717, 1.165) is 83.5 Å². The Labute approximate surface area is 295 Å². The second-order valence-corrected chi connectivity index (χ2v) is 13.2. The minimum atomic E-state index is -0.774. The van der Waals surface area contributed by atoms with Crippen molar-refractivity contribution in [2.45, 2.75) is 200 Å². The van der Waals surface area contributed by atoms with Gasteiger partial charge < -0.3 is 14.2 Å². The molecule has 0 saturated carbocycles. The molecule has 0 fully saturated rings. The lowest BCUT2D eigenvalue weighted by Gasteiger charge is -2.18. The number of rotatable bonds is 35. The summed E-state index contributed by atoms with van der Waals surface area (Å²) in [5.41, 5.74) is 0. The van der Waals surface area contributed by atoms with Gasteiger partial charge >= 0.3 is 17.9 Å². The minimum Gasteiger partial charge on any atom is -0.462 e. The van der Waals surface area contributed by atoms with Gasteiger partial charge in [0, 0.05) is 19.3 Å². The third kappa shape index (κ3) is 35.0. The van der Waals surface area contributed by atoms with Crippen LogP contribution in [0.25, 0.3) is 0 Å². The van der Waals surface area contributed by atoms with Crippen molar-refractivity contribution in [2.24, 2.45) is 0 Å². The standard InChI is InChI=1S/C42H74O6/c1-4-7-10-13-16-18-20-21-23-24-26-29-32-35-41(44)47-38-39(37-46-40(43)34-31-28-15-12-9-6-3)48-42(45)36-33-30-27-25-22-19-17-14-11-8-5-2/h7,10,16,18,21,23,39H,4-6,8-9,11-15,17,19-20,22,24-38H2,1-3H3/b10-7-,18-16-,23-21-. The van der Waals surface area contributed by atoms with Crippen molar-refractivity contribution in [3.8, 4) is 0 Å². The van der Waals surface area contributed by atoms with Crippen LogP contribution in [0.4, 0.5) is 0 Å². The van der Waals surface area contributed by atoms with E-state index in [1.807, 2.05) is 0 Å². The Morgan fingerprint density at radius 2 is 0.812 bits per heavy atom. The molecule has 0 aliphatic heterocycles. The third-order valence-electron chi connectivity index (χ3n) is 8.41. The molecule has 0 aromatic heterocycles. The first kappa shape index (κ1) is 45.6. The zero-order valence-corrected chi connectivity index (χ0v) is 31.5. The molecule has 1 atom stereocenters. The Morgan fingerprint density at radius 3 is 1.27 bits per heavy atom. The first-order valence-corrected chi connectivity index (χ1v) is 20.0. The zero-order valence-electron chi connectivity index (χ0n) is 31.5. The zero-order chi connectivity index (χ0) is 35.2.